The smallest absolute Gasteiger partial charge is 0.0158 e. The maximum absolute atomic E-state index is 2.31. The van der Waals surface area contributed by atoms with Crippen molar-refractivity contribution < 1.29 is 0 Å². The van der Waals surface area contributed by atoms with E-state index in [0.29, 0.717) is 0 Å². The van der Waals surface area contributed by atoms with E-state index in [1.54, 1.807) is 0 Å². The van der Waals surface area contributed by atoms with E-state index in [1.165, 1.54) is 66.8 Å². The van der Waals surface area contributed by atoms with Crippen LogP contribution in [0.15, 0.2) is 182 Å². The average Bonchev–Trinajstić information content (AvgIpc) is 3.52. The third kappa shape index (κ3) is 7.26. The lowest BCUT2D eigenvalue weighted by molar-refractivity contribution is 0.660. The number of benzene rings is 7. The quantitative estimate of drug-likeness (QED) is 0.166. The minimum absolute atomic E-state index is 0.152. The van der Waals surface area contributed by atoms with Gasteiger partial charge in [0.05, 0.1) is 0 Å². The van der Waals surface area contributed by atoms with Gasteiger partial charge in [0.1, 0.15) is 0 Å². The highest BCUT2D eigenvalue weighted by Crippen LogP contribution is 2.49. The number of rotatable bonds is 1. The van der Waals surface area contributed by atoms with Crippen LogP contribution >= 0.6 is 0 Å². The largest absolute Gasteiger partial charge is 0.0623 e. The predicted octanol–water partition coefficient (Wildman–Crippen LogP) is 13.6. The molecule has 0 radical (unpaired) electrons. The molecule has 0 saturated heterocycles. The zero-order chi connectivity index (χ0) is 35.1. The fraction of sp³-hybridized carbons (Fsp3) is 0.160. The molecule has 0 fully saturated rings. The first kappa shape index (κ1) is 34.4. The van der Waals surface area contributed by atoms with Gasteiger partial charge in [0.15, 0.2) is 0 Å². The monoisotopic (exact) mass is 648 g/mol. The lowest BCUT2D eigenvalue weighted by atomic mass is 9.82. The van der Waals surface area contributed by atoms with E-state index < -0.39 is 0 Å². The Kier molecular flexibility index (Phi) is 10.3. The average molecular weight is 649 g/mol. The topological polar surface area (TPSA) is 0 Å². The zero-order valence-corrected chi connectivity index (χ0v) is 30.3. The Morgan fingerprint density at radius 2 is 0.560 bits per heavy atom. The zero-order valence-electron chi connectivity index (χ0n) is 30.3. The van der Waals surface area contributed by atoms with Crippen molar-refractivity contribution >= 4 is 0 Å². The summed E-state index contributed by atoms with van der Waals surface area (Å²) in [5.74, 6) is 0. The Morgan fingerprint density at radius 3 is 0.920 bits per heavy atom. The molecule has 0 nitrogen and oxygen atoms in total. The summed E-state index contributed by atoms with van der Waals surface area (Å²) >= 11 is 0. The SMILES string of the molecule is Cc1ccc2c(c1)-c1ccccc1C2(C)C.Cc1ccc2c(c1)-c1ccccc1C2(C)C.c1ccc(-c2ccccc2)cc1.c1ccccc1. The fourth-order valence-corrected chi connectivity index (χ4v) is 7.31. The first-order valence-electron chi connectivity index (χ1n) is 17.7. The maximum Gasteiger partial charge on any atom is 0.0158 e. The molecule has 7 aromatic carbocycles. The summed E-state index contributed by atoms with van der Waals surface area (Å²) < 4.78 is 0. The van der Waals surface area contributed by atoms with E-state index >= 15 is 0 Å². The summed E-state index contributed by atoms with van der Waals surface area (Å²) in [5, 5.41) is 0. The van der Waals surface area contributed by atoms with Crippen molar-refractivity contribution in [3.05, 3.63) is 215 Å². The second kappa shape index (κ2) is 15.0. The van der Waals surface area contributed by atoms with Crippen LogP contribution in [0, 0.1) is 13.8 Å². The molecule has 2 aliphatic carbocycles. The summed E-state index contributed by atoms with van der Waals surface area (Å²) in [5.41, 5.74) is 17.0. The first-order chi connectivity index (χ1) is 24.2. The molecule has 0 saturated carbocycles. The second-order valence-electron chi connectivity index (χ2n) is 14.3. The Balaban J connectivity index is 0.000000121. The van der Waals surface area contributed by atoms with Gasteiger partial charge in [-0.3, -0.25) is 0 Å². The number of fused-ring (bicyclic) bond motifs is 6. The Hall–Kier alpha value is -5.46. The van der Waals surface area contributed by atoms with Crippen LogP contribution in [0.5, 0.6) is 0 Å². The van der Waals surface area contributed by atoms with Crippen molar-refractivity contribution in [3.63, 3.8) is 0 Å². The molecule has 0 bridgehead atoms. The van der Waals surface area contributed by atoms with Gasteiger partial charge in [-0.1, -0.05) is 221 Å². The highest BCUT2D eigenvalue weighted by atomic mass is 14.4. The molecule has 0 N–H and O–H groups in total. The molecule has 0 unspecified atom stereocenters. The van der Waals surface area contributed by atoms with E-state index in [-0.39, 0.29) is 10.8 Å². The molecule has 50 heavy (non-hydrogen) atoms. The number of aryl methyl sites for hydroxylation is 2. The Bertz CT molecular complexity index is 1980. The van der Waals surface area contributed by atoms with E-state index in [9.17, 15) is 0 Å². The van der Waals surface area contributed by atoms with E-state index in [1.807, 2.05) is 48.5 Å². The lowest BCUT2D eigenvalue weighted by Crippen LogP contribution is -2.14. The van der Waals surface area contributed by atoms with Crippen LogP contribution in [0.1, 0.15) is 61.1 Å². The molecule has 0 aromatic heterocycles. The van der Waals surface area contributed by atoms with Gasteiger partial charge in [-0.2, -0.15) is 0 Å². The highest BCUT2D eigenvalue weighted by Gasteiger charge is 2.35. The molecule has 0 amide bonds. The normalized spacial score (nSPS) is 13.3. The van der Waals surface area contributed by atoms with Crippen LogP contribution in [0.3, 0.4) is 0 Å². The summed E-state index contributed by atoms with van der Waals surface area (Å²) in [7, 11) is 0. The van der Waals surface area contributed by atoms with Crippen LogP contribution in [0.25, 0.3) is 33.4 Å². The van der Waals surface area contributed by atoms with Gasteiger partial charge in [0.2, 0.25) is 0 Å². The molecular weight excluding hydrogens is 601 g/mol. The summed E-state index contributed by atoms with van der Waals surface area (Å²) in [6.07, 6.45) is 0. The van der Waals surface area contributed by atoms with Gasteiger partial charge in [-0.05, 0) is 69.5 Å². The second-order valence-corrected chi connectivity index (χ2v) is 14.3. The minimum Gasteiger partial charge on any atom is -0.0623 e. The van der Waals surface area contributed by atoms with Crippen LogP contribution in [-0.2, 0) is 10.8 Å². The molecule has 248 valence electrons. The first-order valence-corrected chi connectivity index (χ1v) is 17.7. The van der Waals surface area contributed by atoms with Crippen molar-refractivity contribution in [2.45, 2.75) is 52.4 Å². The minimum atomic E-state index is 0.152. The molecule has 0 aliphatic heterocycles. The van der Waals surface area contributed by atoms with E-state index in [0.717, 1.165) is 0 Å². The van der Waals surface area contributed by atoms with Crippen molar-refractivity contribution in [2.24, 2.45) is 0 Å². The molecule has 9 rings (SSSR count). The van der Waals surface area contributed by atoms with Gasteiger partial charge in [0.25, 0.3) is 0 Å². The number of hydrogen-bond donors (Lipinski definition) is 0. The molecule has 2 aliphatic rings. The van der Waals surface area contributed by atoms with E-state index in [4.69, 9.17) is 0 Å². The van der Waals surface area contributed by atoms with Gasteiger partial charge in [-0.15, -0.1) is 0 Å². The third-order valence-electron chi connectivity index (χ3n) is 10.0. The Labute approximate surface area is 300 Å². The molecule has 7 aromatic rings. The summed E-state index contributed by atoms with van der Waals surface area (Å²) in [6, 6.07) is 63.9. The highest BCUT2D eigenvalue weighted by molar-refractivity contribution is 5.82. The van der Waals surface area contributed by atoms with Gasteiger partial charge in [0, 0.05) is 10.8 Å². The van der Waals surface area contributed by atoms with Crippen molar-refractivity contribution in [2.75, 3.05) is 0 Å². The van der Waals surface area contributed by atoms with Crippen molar-refractivity contribution in [1.82, 2.24) is 0 Å². The van der Waals surface area contributed by atoms with Crippen molar-refractivity contribution in [3.8, 4) is 33.4 Å². The van der Waals surface area contributed by atoms with Crippen molar-refractivity contribution in [1.29, 1.82) is 0 Å². The van der Waals surface area contributed by atoms with Crippen LogP contribution in [-0.4, -0.2) is 0 Å². The van der Waals surface area contributed by atoms with Gasteiger partial charge < -0.3 is 0 Å². The third-order valence-corrected chi connectivity index (χ3v) is 10.0. The number of hydrogen-bond acceptors (Lipinski definition) is 0. The molecule has 0 heterocycles. The van der Waals surface area contributed by atoms with E-state index in [2.05, 4.69) is 175 Å². The Morgan fingerprint density at radius 1 is 0.280 bits per heavy atom. The van der Waals surface area contributed by atoms with Crippen LogP contribution in [0.2, 0.25) is 0 Å². The summed E-state index contributed by atoms with van der Waals surface area (Å²) in [4.78, 5) is 0. The predicted molar refractivity (Wildman–Crippen MR) is 216 cm³/mol. The van der Waals surface area contributed by atoms with Crippen LogP contribution in [0.4, 0.5) is 0 Å². The fourth-order valence-electron chi connectivity index (χ4n) is 7.31. The molecule has 0 atom stereocenters. The molecular formula is C50H48. The maximum atomic E-state index is 2.31. The lowest BCUT2D eigenvalue weighted by Gasteiger charge is -2.21. The van der Waals surface area contributed by atoms with Crippen LogP contribution < -0.4 is 0 Å². The molecule has 0 spiro atoms. The van der Waals surface area contributed by atoms with Gasteiger partial charge >= 0.3 is 0 Å². The molecule has 0 heteroatoms. The summed E-state index contributed by atoms with van der Waals surface area (Å²) in [6.45, 7) is 13.6. The van der Waals surface area contributed by atoms with Gasteiger partial charge in [-0.25, -0.2) is 0 Å². The standard InChI is InChI=1S/2C16H16.C12H10.C6H6/c2*1-11-8-9-15-13(10-11)12-6-4-5-7-14(12)16(15,2)3;1-3-7-11(8-4-1)12-9-5-2-6-10-12;1-2-4-6-5-3-1/h2*4-10H,1-3H3;1-10H;1-6H.